The summed E-state index contributed by atoms with van der Waals surface area (Å²) in [4.78, 5) is 37.1. The molecule has 0 aliphatic carbocycles. The Kier molecular flexibility index (Phi) is 6.17. The first-order valence-corrected chi connectivity index (χ1v) is 7.10. The Morgan fingerprint density at radius 1 is 1.35 bits per heavy atom. The second-order valence-electron chi connectivity index (χ2n) is 4.21. The van der Waals surface area contributed by atoms with Crippen molar-refractivity contribution in [3.63, 3.8) is 0 Å². The van der Waals surface area contributed by atoms with Crippen LogP contribution in [-0.4, -0.2) is 47.4 Å². The zero-order valence-electron chi connectivity index (χ0n) is 11.5. The van der Waals surface area contributed by atoms with E-state index in [1.807, 2.05) is 13.0 Å². The number of nitrogens with one attached hydrogen (secondary N) is 1. The van der Waals surface area contributed by atoms with Crippen LogP contribution in [0.25, 0.3) is 0 Å². The van der Waals surface area contributed by atoms with Crippen LogP contribution in [0.3, 0.4) is 0 Å². The number of carbonyl (C=O) groups is 3. The highest BCUT2D eigenvalue weighted by Gasteiger charge is 2.15. The number of carboxylic acid groups (broad SMARTS) is 1. The number of hydrogen-bond acceptors (Lipinski definition) is 4. The van der Waals surface area contributed by atoms with E-state index in [2.05, 4.69) is 5.32 Å². The molecule has 110 valence electrons. The van der Waals surface area contributed by atoms with Gasteiger partial charge >= 0.3 is 5.97 Å². The third-order valence-corrected chi connectivity index (χ3v) is 3.69. The zero-order chi connectivity index (χ0) is 15.1. The van der Waals surface area contributed by atoms with E-state index in [4.69, 9.17) is 5.11 Å². The van der Waals surface area contributed by atoms with Crippen LogP contribution in [0.15, 0.2) is 12.1 Å². The average molecular weight is 298 g/mol. The maximum atomic E-state index is 11.8. The highest BCUT2D eigenvalue weighted by atomic mass is 32.1. The van der Waals surface area contributed by atoms with Gasteiger partial charge in [-0.05, 0) is 26.0 Å². The molecule has 0 atom stereocenters. The summed E-state index contributed by atoms with van der Waals surface area (Å²) < 4.78 is 0. The molecule has 7 heteroatoms. The molecule has 0 unspecified atom stereocenters. The molecule has 20 heavy (non-hydrogen) atoms. The largest absolute Gasteiger partial charge is 0.481 e. The van der Waals surface area contributed by atoms with Gasteiger partial charge in [-0.15, -0.1) is 11.3 Å². The van der Waals surface area contributed by atoms with Gasteiger partial charge in [0.1, 0.15) is 0 Å². The molecule has 0 saturated carbocycles. The standard InChI is InChI=1S/C13H18N2O4S/c1-3-15(7-6-12(17)18)11(16)8-14-13(19)10-5-4-9(2)20-10/h4-5H,3,6-8H2,1-2H3,(H,14,19)(H,17,18). The number of nitrogens with zero attached hydrogens (tertiary/aromatic N) is 1. The van der Waals surface area contributed by atoms with Gasteiger partial charge in [-0.3, -0.25) is 14.4 Å². The number of rotatable bonds is 7. The smallest absolute Gasteiger partial charge is 0.305 e. The molecule has 0 aromatic carbocycles. The number of hydrogen-bond donors (Lipinski definition) is 2. The Bertz CT molecular complexity index is 498. The Morgan fingerprint density at radius 2 is 2.05 bits per heavy atom. The van der Waals surface area contributed by atoms with Crippen LogP contribution < -0.4 is 5.32 Å². The minimum Gasteiger partial charge on any atom is -0.481 e. The Morgan fingerprint density at radius 3 is 2.55 bits per heavy atom. The summed E-state index contributed by atoms with van der Waals surface area (Å²) in [5, 5.41) is 11.1. The van der Waals surface area contributed by atoms with Gasteiger partial charge < -0.3 is 15.3 Å². The fourth-order valence-corrected chi connectivity index (χ4v) is 2.39. The third kappa shape index (κ3) is 5.00. The van der Waals surface area contributed by atoms with Crippen molar-refractivity contribution < 1.29 is 19.5 Å². The molecule has 1 rings (SSSR count). The van der Waals surface area contributed by atoms with Gasteiger partial charge in [-0.25, -0.2) is 0 Å². The van der Waals surface area contributed by atoms with E-state index >= 15 is 0 Å². The Hall–Kier alpha value is -1.89. The highest BCUT2D eigenvalue weighted by Crippen LogP contribution is 2.14. The molecule has 0 spiro atoms. The summed E-state index contributed by atoms with van der Waals surface area (Å²) in [6, 6.07) is 3.55. The lowest BCUT2D eigenvalue weighted by molar-refractivity contribution is -0.138. The molecule has 2 amide bonds. The minimum atomic E-state index is -0.950. The fraction of sp³-hybridized carbons (Fsp3) is 0.462. The third-order valence-electron chi connectivity index (χ3n) is 2.69. The molecular weight excluding hydrogens is 280 g/mol. The number of likely N-dealkylation sites (N-methyl/N-ethyl adjacent to an activating group) is 1. The van der Waals surface area contributed by atoms with Crippen molar-refractivity contribution in [2.75, 3.05) is 19.6 Å². The first kappa shape index (κ1) is 16.2. The number of amides is 2. The fourth-order valence-electron chi connectivity index (χ4n) is 1.60. The highest BCUT2D eigenvalue weighted by molar-refractivity contribution is 7.13. The van der Waals surface area contributed by atoms with Crippen molar-refractivity contribution in [3.8, 4) is 0 Å². The molecule has 0 aliphatic rings. The normalized spacial score (nSPS) is 10.1. The maximum Gasteiger partial charge on any atom is 0.305 e. The Labute approximate surface area is 121 Å². The molecule has 1 aromatic heterocycles. The summed E-state index contributed by atoms with van der Waals surface area (Å²) in [6.45, 7) is 4.11. The van der Waals surface area contributed by atoms with Gasteiger partial charge in [-0.1, -0.05) is 0 Å². The van der Waals surface area contributed by atoms with Crippen molar-refractivity contribution in [1.82, 2.24) is 10.2 Å². The quantitative estimate of drug-likeness (QED) is 0.789. The Balaban J connectivity index is 2.44. The number of aryl methyl sites for hydroxylation is 1. The summed E-state index contributed by atoms with van der Waals surface area (Å²) in [7, 11) is 0. The molecule has 0 saturated heterocycles. The molecule has 1 heterocycles. The van der Waals surface area contributed by atoms with Crippen LogP contribution in [0.1, 0.15) is 27.9 Å². The van der Waals surface area contributed by atoms with E-state index in [-0.39, 0.29) is 31.3 Å². The predicted octanol–water partition coefficient (Wildman–Crippen LogP) is 1.11. The molecule has 0 fully saturated rings. The van der Waals surface area contributed by atoms with Gasteiger partial charge in [0.15, 0.2) is 0 Å². The van der Waals surface area contributed by atoms with E-state index in [1.54, 1.807) is 13.0 Å². The van der Waals surface area contributed by atoms with E-state index < -0.39 is 5.97 Å². The minimum absolute atomic E-state index is 0.0996. The lowest BCUT2D eigenvalue weighted by atomic mass is 10.3. The van der Waals surface area contributed by atoms with Crippen LogP contribution in [0.4, 0.5) is 0 Å². The van der Waals surface area contributed by atoms with Gasteiger partial charge in [0.05, 0.1) is 17.8 Å². The van der Waals surface area contributed by atoms with Crippen molar-refractivity contribution >= 4 is 29.1 Å². The number of thiophene rings is 1. The van der Waals surface area contributed by atoms with E-state index in [0.717, 1.165) is 4.88 Å². The number of aliphatic carboxylic acids is 1. The first-order valence-electron chi connectivity index (χ1n) is 6.28. The van der Waals surface area contributed by atoms with Crippen LogP contribution in [-0.2, 0) is 9.59 Å². The molecule has 1 aromatic rings. The summed E-state index contributed by atoms with van der Waals surface area (Å²) in [5.41, 5.74) is 0. The van der Waals surface area contributed by atoms with Gasteiger partial charge in [0.25, 0.3) is 5.91 Å². The topological polar surface area (TPSA) is 86.7 Å². The molecule has 2 N–H and O–H groups in total. The SMILES string of the molecule is CCN(CCC(=O)O)C(=O)CNC(=O)c1ccc(C)s1. The van der Waals surface area contributed by atoms with E-state index in [9.17, 15) is 14.4 Å². The van der Waals surface area contributed by atoms with Gasteiger partial charge in [0.2, 0.25) is 5.91 Å². The summed E-state index contributed by atoms with van der Waals surface area (Å²) >= 11 is 1.36. The lowest BCUT2D eigenvalue weighted by Crippen LogP contribution is -2.40. The van der Waals surface area contributed by atoms with Crippen molar-refractivity contribution in [2.24, 2.45) is 0 Å². The van der Waals surface area contributed by atoms with Crippen LogP contribution in [0.5, 0.6) is 0 Å². The molecule has 0 radical (unpaired) electrons. The second-order valence-corrected chi connectivity index (χ2v) is 5.50. The zero-order valence-corrected chi connectivity index (χ0v) is 12.3. The van der Waals surface area contributed by atoms with E-state index in [0.29, 0.717) is 11.4 Å². The predicted molar refractivity (Wildman–Crippen MR) is 75.9 cm³/mol. The molecule has 0 bridgehead atoms. The summed E-state index contributed by atoms with van der Waals surface area (Å²) in [6.07, 6.45) is -0.0996. The van der Waals surface area contributed by atoms with Gasteiger partial charge in [0, 0.05) is 18.0 Å². The van der Waals surface area contributed by atoms with Crippen LogP contribution in [0, 0.1) is 6.92 Å². The number of carboxylic acids is 1. The average Bonchev–Trinajstić information content (AvgIpc) is 2.83. The second kappa shape index (κ2) is 7.64. The maximum absolute atomic E-state index is 11.8. The molecular formula is C13H18N2O4S. The van der Waals surface area contributed by atoms with Crippen LogP contribution >= 0.6 is 11.3 Å². The lowest BCUT2D eigenvalue weighted by Gasteiger charge is -2.20. The monoisotopic (exact) mass is 298 g/mol. The molecule has 0 aliphatic heterocycles. The summed E-state index contributed by atoms with van der Waals surface area (Å²) in [5.74, 6) is -1.52. The molecule has 6 nitrogen and oxygen atoms in total. The van der Waals surface area contributed by atoms with Crippen LogP contribution in [0.2, 0.25) is 0 Å². The number of carbonyl (C=O) groups excluding carboxylic acids is 2. The van der Waals surface area contributed by atoms with E-state index in [1.165, 1.54) is 16.2 Å². The van der Waals surface area contributed by atoms with Gasteiger partial charge in [-0.2, -0.15) is 0 Å². The van der Waals surface area contributed by atoms with Crippen molar-refractivity contribution in [2.45, 2.75) is 20.3 Å². The van der Waals surface area contributed by atoms with Crippen molar-refractivity contribution in [1.29, 1.82) is 0 Å². The van der Waals surface area contributed by atoms with Crippen molar-refractivity contribution in [3.05, 3.63) is 21.9 Å². The first-order chi connectivity index (χ1) is 9.43.